The average molecular weight is 253 g/mol. The first-order chi connectivity index (χ1) is 8.25. The number of fused-ring (bicyclic) bond motifs is 1. The summed E-state index contributed by atoms with van der Waals surface area (Å²) < 4.78 is 12.8. The molecule has 3 unspecified atom stereocenters. The quantitative estimate of drug-likeness (QED) is 0.699. The van der Waals surface area contributed by atoms with Crippen molar-refractivity contribution in [2.24, 2.45) is 17.8 Å². The molecule has 0 radical (unpaired) electrons. The van der Waals surface area contributed by atoms with Crippen LogP contribution in [0.5, 0.6) is 0 Å². The molecule has 3 atom stereocenters. The van der Waals surface area contributed by atoms with Crippen molar-refractivity contribution in [2.75, 3.05) is 0 Å². The SMILES string of the molecule is Fc1ccc(CC(Cl)C2C3CCCCC32)cc1. The number of hydrogen-bond acceptors (Lipinski definition) is 0. The molecule has 0 amide bonds. The normalized spacial score (nSPS) is 32.9. The van der Waals surface area contributed by atoms with Crippen molar-refractivity contribution in [3.63, 3.8) is 0 Å². The van der Waals surface area contributed by atoms with Gasteiger partial charge in [0.25, 0.3) is 0 Å². The smallest absolute Gasteiger partial charge is 0.123 e. The van der Waals surface area contributed by atoms with Crippen LogP contribution in [0.25, 0.3) is 0 Å². The van der Waals surface area contributed by atoms with Gasteiger partial charge in [-0.2, -0.15) is 0 Å². The Morgan fingerprint density at radius 2 is 1.71 bits per heavy atom. The molecular formula is C15H18ClF. The molecule has 2 aliphatic rings. The number of benzene rings is 1. The van der Waals surface area contributed by atoms with Crippen molar-refractivity contribution in [1.82, 2.24) is 0 Å². The Morgan fingerprint density at radius 3 is 2.29 bits per heavy atom. The molecular weight excluding hydrogens is 235 g/mol. The zero-order chi connectivity index (χ0) is 11.8. The van der Waals surface area contributed by atoms with Gasteiger partial charge in [-0.05, 0) is 54.7 Å². The Balaban J connectivity index is 1.60. The Morgan fingerprint density at radius 1 is 1.12 bits per heavy atom. The summed E-state index contributed by atoms with van der Waals surface area (Å²) in [4.78, 5) is 0. The summed E-state index contributed by atoms with van der Waals surface area (Å²) in [5.41, 5.74) is 1.16. The maximum atomic E-state index is 12.8. The Labute approximate surface area is 107 Å². The maximum absolute atomic E-state index is 12.8. The van der Waals surface area contributed by atoms with E-state index in [1.165, 1.54) is 37.8 Å². The molecule has 0 spiro atoms. The zero-order valence-electron chi connectivity index (χ0n) is 9.91. The van der Waals surface area contributed by atoms with Crippen molar-refractivity contribution < 1.29 is 4.39 Å². The Kier molecular flexibility index (Phi) is 3.12. The van der Waals surface area contributed by atoms with E-state index in [0.717, 1.165) is 29.7 Å². The van der Waals surface area contributed by atoms with Crippen LogP contribution in [0.3, 0.4) is 0 Å². The van der Waals surface area contributed by atoms with E-state index in [2.05, 4.69) is 0 Å². The summed E-state index contributed by atoms with van der Waals surface area (Å²) in [6, 6.07) is 6.77. The van der Waals surface area contributed by atoms with Gasteiger partial charge in [-0.25, -0.2) is 4.39 Å². The van der Waals surface area contributed by atoms with Crippen LogP contribution in [-0.2, 0) is 6.42 Å². The third-order valence-corrected chi connectivity index (χ3v) is 4.93. The van der Waals surface area contributed by atoms with Gasteiger partial charge >= 0.3 is 0 Å². The molecule has 0 nitrogen and oxygen atoms in total. The molecule has 0 heterocycles. The van der Waals surface area contributed by atoms with E-state index in [1.54, 1.807) is 0 Å². The highest BCUT2D eigenvalue weighted by molar-refractivity contribution is 6.21. The lowest BCUT2D eigenvalue weighted by atomic mass is 10.0. The highest BCUT2D eigenvalue weighted by Crippen LogP contribution is 2.58. The van der Waals surface area contributed by atoms with E-state index in [0.29, 0.717) is 0 Å². The summed E-state index contributed by atoms with van der Waals surface area (Å²) in [7, 11) is 0. The minimum atomic E-state index is -0.167. The first-order valence-corrected chi connectivity index (χ1v) is 7.08. The van der Waals surface area contributed by atoms with Crippen LogP contribution in [0.1, 0.15) is 31.2 Å². The molecule has 2 heteroatoms. The number of hydrogen-bond donors (Lipinski definition) is 0. The van der Waals surface area contributed by atoms with Crippen LogP contribution in [-0.4, -0.2) is 5.38 Å². The molecule has 2 fully saturated rings. The predicted octanol–water partition coefficient (Wildman–Crippen LogP) is 4.41. The lowest BCUT2D eigenvalue weighted by Gasteiger charge is -2.09. The van der Waals surface area contributed by atoms with Crippen LogP contribution in [0.15, 0.2) is 24.3 Å². The van der Waals surface area contributed by atoms with Gasteiger partial charge in [0, 0.05) is 5.38 Å². The second-order valence-corrected chi connectivity index (χ2v) is 6.10. The van der Waals surface area contributed by atoms with E-state index in [-0.39, 0.29) is 11.2 Å². The average Bonchev–Trinajstić information content (AvgIpc) is 3.06. The maximum Gasteiger partial charge on any atom is 0.123 e. The van der Waals surface area contributed by atoms with Gasteiger partial charge in [0.15, 0.2) is 0 Å². The Hall–Kier alpha value is -0.560. The van der Waals surface area contributed by atoms with Gasteiger partial charge in [0.05, 0.1) is 0 Å². The number of halogens is 2. The molecule has 2 saturated carbocycles. The van der Waals surface area contributed by atoms with Gasteiger partial charge < -0.3 is 0 Å². The fourth-order valence-corrected chi connectivity index (χ4v) is 4.12. The molecule has 1 aromatic carbocycles. The molecule has 3 rings (SSSR count). The van der Waals surface area contributed by atoms with Gasteiger partial charge in [0.1, 0.15) is 5.82 Å². The molecule has 0 aliphatic heterocycles. The van der Waals surface area contributed by atoms with E-state index in [1.807, 2.05) is 12.1 Å². The molecule has 1 aromatic rings. The van der Waals surface area contributed by atoms with E-state index >= 15 is 0 Å². The molecule has 0 saturated heterocycles. The van der Waals surface area contributed by atoms with E-state index in [9.17, 15) is 4.39 Å². The van der Waals surface area contributed by atoms with Crippen LogP contribution < -0.4 is 0 Å². The second kappa shape index (κ2) is 4.61. The summed E-state index contributed by atoms with van der Waals surface area (Å²) in [5.74, 6) is 2.35. The third kappa shape index (κ3) is 2.35. The lowest BCUT2D eigenvalue weighted by Crippen LogP contribution is -2.08. The monoisotopic (exact) mass is 252 g/mol. The van der Waals surface area contributed by atoms with E-state index in [4.69, 9.17) is 11.6 Å². The van der Waals surface area contributed by atoms with Crippen LogP contribution in [0, 0.1) is 23.6 Å². The zero-order valence-corrected chi connectivity index (χ0v) is 10.7. The molecule has 0 bridgehead atoms. The topological polar surface area (TPSA) is 0 Å². The molecule has 2 aliphatic carbocycles. The summed E-state index contributed by atoms with van der Waals surface area (Å²) >= 11 is 6.53. The summed E-state index contributed by atoms with van der Waals surface area (Å²) in [6.07, 6.45) is 6.42. The molecule has 17 heavy (non-hydrogen) atoms. The van der Waals surface area contributed by atoms with Crippen LogP contribution >= 0.6 is 11.6 Å². The first-order valence-electron chi connectivity index (χ1n) is 6.64. The minimum Gasteiger partial charge on any atom is -0.207 e. The van der Waals surface area contributed by atoms with Gasteiger partial charge in [-0.15, -0.1) is 11.6 Å². The second-order valence-electron chi connectivity index (χ2n) is 5.54. The fraction of sp³-hybridized carbons (Fsp3) is 0.600. The fourth-order valence-electron chi connectivity index (χ4n) is 3.57. The minimum absolute atomic E-state index is 0.167. The van der Waals surface area contributed by atoms with Gasteiger partial charge in [0.2, 0.25) is 0 Å². The molecule has 92 valence electrons. The van der Waals surface area contributed by atoms with Crippen molar-refractivity contribution in [2.45, 2.75) is 37.5 Å². The lowest BCUT2D eigenvalue weighted by molar-refractivity contribution is 0.480. The standard InChI is InChI=1S/C15H18ClF/c16-14(9-10-5-7-11(17)8-6-10)15-12-3-1-2-4-13(12)15/h5-8,12-15H,1-4,9H2. The van der Waals surface area contributed by atoms with Crippen molar-refractivity contribution in [3.05, 3.63) is 35.6 Å². The van der Waals surface area contributed by atoms with Crippen LogP contribution in [0.2, 0.25) is 0 Å². The third-order valence-electron chi connectivity index (χ3n) is 4.48. The highest BCUT2D eigenvalue weighted by Gasteiger charge is 2.53. The largest absolute Gasteiger partial charge is 0.207 e. The number of alkyl halides is 1. The van der Waals surface area contributed by atoms with Crippen molar-refractivity contribution in [3.8, 4) is 0 Å². The molecule has 0 N–H and O–H groups in total. The van der Waals surface area contributed by atoms with Crippen molar-refractivity contribution in [1.29, 1.82) is 0 Å². The van der Waals surface area contributed by atoms with E-state index < -0.39 is 0 Å². The van der Waals surface area contributed by atoms with Crippen molar-refractivity contribution >= 4 is 11.6 Å². The van der Waals surface area contributed by atoms with Crippen LogP contribution in [0.4, 0.5) is 4.39 Å². The summed E-state index contributed by atoms with van der Waals surface area (Å²) in [5, 5.41) is 0.244. The summed E-state index contributed by atoms with van der Waals surface area (Å²) in [6.45, 7) is 0. The van der Waals surface area contributed by atoms with Gasteiger partial charge in [-0.1, -0.05) is 25.0 Å². The predicted molar refractivity (Wildman–Crippen MR) is 68.7 cm³/mol. The molecule has 0 aromatic heterocycles. The highest BCUT2D eigenvalue weighted by atomic mass is 35.5. The first kappa shape index (κ1) is 11.5. The van der Waals surface area contributed by atoms with Gasteiger partial charge in [-0.3, -0.25) is 0 Å². The Bertz CT molecular complexity index is 374. The number of rotatable bonds is 3.